The SMILES string of the molecule is O=S(=O)(c1ccc2c(c1)OCCCO2)N1CCN(c2ccc(Nc3ccccn3)nn2)CC1. The van der Waals surface area contributed by atoms with Crippen molar-refractivity contribution in [2.45, 2.75) is 11.3 Å². The summed E-state index contributed by atoms with van der Waals surface area (Å²) in [5.74, 6) is 3.04. The van der Waals surface area contributed by atoms with Crippen LogP contribution in [0.3, 0.4) is 0 Å². The van der Waals surface area contributed by atoms with E-state index in [-0.39, 0.29) is 4.90 Å². The van der Waals surface area contributed by atoms with Gasteiger partial charge in [0.25, 0.3) is 0 Å². The zero-order valence-electron chi connectivity index (χ0n) is 17.9. The van der Waals surface area contributed by atoms with Gasteiger partial charge in [0.15, 0.2) is 23.1 Å². The van der Waals surface area contributed by atoms with E-state index in [9.17, 15) is 8.42 Å². The van der Waals surface area contributed by atoms with E-state index in [1.165, 1.54) is 4.31 Å². The maximum absolute atomic E-state index is 13.2. The molecule has 0 aliphatic carbocycles. The molecule has 1 N–H and O–H groups in total. The molecule has 2 aromatic heterocycles. The molecule has 0 bridgehead atoms. The second kappa shape index (κ2) is 9.20. The maximum Gasteiger partial charge on any atom is 0.243 e. The number of rotatable bonds is 5. The molecule has 2 aliphatic rings. The highest BCUT2D eigenvalue weighted by molar-refractivity contribution is 7.89. The molecule has 172 valence electrons. The number of nitrogens with zero attached hydrogens (tertiary/aromatic N) is 5. The van der Waals surface area contributed by atoms with Crippen LogP contribution in [0, 0.1) is 0 Å². The standard InChI is InChI=1S/C22H24N6O4S/c29-33(30,17-5-6-18-19(16-17)32-15-3-14-31-18)28-12-10-27(11-13-28)22-8-7-21(25-26-22)24-20-4-1-2-9-23-20/h1-2,4-9,16H,3,10-15H2,(H,23,24,25). The molecular weight excluding hydrogens is 444 g/mol. The van der Waals surface area contributed by atoms with Gasteiger partial charge in [-0.1, -0.05) is 6.07 Å². The first-order chi connectivity index (χ1) is 16.1. The Morgan fingerprint density at radius 2 is 1.67 bits per heavy atom. The minimum absolute atomic E-state index is 0.213. The van der Waals surface area contributed by atoms with Crippen molar-refractivity contribution in [1.29, 1.82) is 0 Å². The summed E-state index contributed by atoms with van der Waals surface area (Å²) in [5, 5.41) is 11.6. The molecule has 0 radical (unpaired) electrons. The Morgan fingerprint density at radius 3 is 2.39 bits per heavy atom. The van der Waals surface area contributed by atoms with Crippen LogP contribution in [0.25, 0.3) is 0 Å². The molecule has 0 saturated carbocycles. The number of ether oxygens (including phenoxy) is 2. The number of sulfonamides is 1. The van der Waals surface area contributed by atoms with Crippen LogP contribution in [-0.4, -0.2) is 67.3 Å². The Labute approximate surface area is 192 Å². The Morgan fingerprint density at radius 1 is 0.848 bits per heavy atom. The molecular formula is C22H24N6O4S. The summed E-state index contributed by atoms with van der Waals surface area (Å²) in [6.45, 7) is 2.81. The fourth-order valence-electron chi connectivity index (χ4n) is 3.74. The van der Waals surface area contributed by atoms with Crippen LogP contribution in [0.2, 0.25) is 0 Å². The van der Waals surface area contributed by atoms with Crippen LogP contribution in [0.5, 0.6) is 11.5 Å². The Hall–Kier alpha value is -3.44. The van der Waals surface area contributed by atoms with Crippen molar-refractivity contribution < 1.29 is 17.9 Å². The quantitative estimate of drug-likeness (QED) is 0.603. The fourth-order valence-corrected chi connectivity index (χ4v) is 5.18. The highest BCUT2D eigenvalue weighted by Crippen LogP contribution is 2.33. The van der Waals surface area contributed by atoms with Crippen molar-refractivity contribution in [3.8, 4) is 11.5 Å². The molecule has 0 unspecified atom stereocenters. The monoisotopic (exact) mass is 468 g/mol. The molecule has 0 amide bonds. The predicted molar refractivity (Wildman–Crippen MR) is 123 cm³/mol. The first kappa shape index (κ1) is 21.4. The van der Waals surface area contributed by atoms with Crippen LogP contribution in [-0.2, 0) is 10.0 Å². The number of nitrogens with one attached hydrogen (secondary N) is 1. The molecule has 1 aromatic carbocycles. The minimum atomic E-state index is -3.64. The van der Waals surface area contributed by atoms with Gasteiger partial charge in [-0.3, -0.25) is 0 Å². The van der Waals surface area contributed by atoms with Crippen LogP contribution in [0.1, 0.15) is 6.42 Å². The van der Waals surface area contributed by atoms with Gasteiger partial charge in [-0.05, 0) is 36.4 Å². The zero-order chi connectivity index (χ0) is 22.7. The van der Waals surface area contributed by atoms with E-state index in [1.807, 2.05) is 35.2 Å². The van der Waals surface area contributed by atoms with Gasteiger partial charge in [-0.2, -0.15) is 4.31 Å². The Bertz CT molecular complexity index is 1200. The van der Waals surface area contributed by atoms with E-state index >= 15 is 0 Å². The van der Waals surface area contributed by atoms with Crippen molar-refractivity contribution in [3.05, 3.63) is 54.7 Å². The summed E-state index contributed by atoms with van der Waals surface area (Å²) in [5.41, 5.74) is 0. The minimum Gasteiger partial charge on any atom is -0.490 e. The van der Waals surface area contributed by atoms with E-state index < -0.39 is 10.0 Å². The highest BCUT2D eigenvalue weighted by atomic mass is 32.2. The van der Waals surface area contributed by atoms with Crippen molar-refractivity contribution in [1.82, 2.24) is 19.5 Å². The summed E-state index contributed by atoms with van der Waals surface area (Å²) >= 11 is 0. The number of benzene rings is 1. The van der Waals surface area contributed by atoms with Crippen molar-refractivity contribution in [2.75, 3.05) is 49.6 Å². The molecule has 2 aliphatic heterocycles. The zero-order valence-corrected chi connectivity index (χ0v) is 18.7. The molecule has 3 aromatic rings. The maximum atomic E-state index is 13.2. The lowest BCUT2D eigenvalue weighted by Crippen LogP contribution is -2.49. The second-order valence-corrected chi connectivity index (χ2v) is 9.60. The number of piperazine rings is 1. The molecule has 10 nitrogen and oxygen atoms in total. The van der Waals surface area contributed by atoms with Gasteiger partial charge in [-0.25, -0.2) is 13.4 Å². The molecule has 5 rings (SSSR count). The second-order valence-electron chi connectivity index (χ2n) is 7.67. The van der Waals surface area contributed by atoms with Gasteiger partial charge in [0, 0.05) is 44.9 Å². The molecule has 4 heterocycles. The molecule has 1 saturated heterocycles. The topological polar surface area (TPSA) is 110 Å². The number of aromatic nitrogens is 3. The summed E-state index contributed by atoms with van der Waals surface area (Å²) in [6.07, 6.45) is 2.46. The van der Waals surface area contributed by atoms with Crippen molar-refractivity contribution in [3.63, 3.8) is 0 Å². The van der Waals surface area contributed by atoms with Crippen LogP contribution in [0.4, 0.5) is 17.5 Å². The molecule has 0 atom stereocenters. The normalized spacial score (nSPS) is 16.8. The number of hydrogen-bond acceptors (Lipinski definition) is 9. The predicted octanol–water partition coefficient (Wildman–Crippen LogP) is 2.29. The Balaban J connectivity index is 1.23. The van der Waals surface area contributed by atoms with Gasteiger partial charge in [0.1, 0.15) is 5.82 Å². The van der Waals surface area contributed by atoms with E-state index in [1.54, 1.807) is 24.4 Å². The van der Waals surface area contributed by atoms with Crippen LogP contribution in [0.15, 0.2) is 59.6 Å². The van der Waals surface area contributed by atoms with Crippen molar-refractivity contribution >= 4 is 27.5 Å². The largest absolute Gasteiger partial charge is 0.490 e. The van der Waals surface area contributed by atoms with Gasteiger partial charge < -0.3 is 19.7 Å². The first-order valence-electron chi connectivity index (χ1n) is 10.8. The third kappa shape index (κ3) is 4.69. The van der Waals surface area contributed by atoms with E-state index in [4.69, 9.17) is 9.47 Å². The first-order valence-corrected chi connectivity index (χ1v) is 12.2. The summed E-state index contributed by atoms with van der Waals surface area (Å²) < 4.78 is 39.1. The average molecular weight is 469 g/mol. The van der Waals surface area contributed by atoms with E-state index in [0.29, 0.717) is 68.3 Å². The molecule has 33 heavy (non-hydrogen) atoms. The van der Waals surface area contributed by atoms with Gasteiger partial charge in [-0.15, -0.1) is 10.2 Å². The third-order valence-electron chi connectivity index (χ3n) is 5.49. The number of anilines is 3. The summed E-state index contributed by atoms with van der Waals surface area (Å²) in [4.78, 5) is 6.44. The highest BCUT2D eigenvalue weighted by Gasteiger charge is 2.30. The molecule has 1 fully saturated rings. The van der Waals surface area contributed by atoms with E-state index in [2.05, 4.69) is 20.5 Å². The number of pyridine rings is 1. The fraction of sp³-hybridized carbons (Fsp3) is 0.318. The molecule has 0 spiro atoms. The Kier molecular flexibility index (Phi) is 5.97. The van der Waals surface area contributed by atoms with Crippen LogP contribution < -0.4 is 19.7 Å². The van der Waals surface area contributed by atoms with Gasteiger partial charge in [0.05, 0.1) is 18.1 Å². The number of hydrogen-bond donors (Lipinski definition) is 1. The van der Waals surface area contributed by atoms with Crippen LogP contribution >= 0.6 is 0 Å². The number of fused-ring (bicyclic) bond motifs is 1. The summed E-state index contributed by atoms with van der Waals surface area (Å²) in [7, 11) is -3.64. The van der Waals surface area contributed by atoms with Gasteiger partial charge in [0.2, 0.25) is 10.0 Å². The lowest BCUT2D eigenvalue weighted by molar-refractivity contribution is 0.296. The van der Waals surface area contributed by atoms with Gasteiger partial charge >= 0.3 is 0 Å². The van der Waals surface area contributed by atoms with Crippen molar-refractivity contribution in [2.24, 2.45) is 0 Å². The smallest absolute Gasteiger partial charge is 0.243 e. The average Bonchev–Trinajstić information content (AvgIpc) is 3.10. The molecule has 11 heteroatoms. The summed E-state index contributed by atoms with van der Waals surface area (Å²) in [6, 6.07) is 14.1. The van der Waals surface area contributed by atoms with E-state index in [0.717, 1.165) is 6.42 Å². The third-order valence-corrected chi connectivity index (χ3v) is 7.39. The lowest BCUT2D eigenvalue weighted by atomic mass is 10.3. The lowest BCUT2D eigenvalue weighted by Gasteiger charge is -2.34.